The number of likely N-dealkylation sites (N-methyl/N-ethyl adjacent to an activating group) is 8. The molecule has 0 unspecified atom stereocenters. The van der Waals surface area contributed by atoms with Crippen LogP contribution in [0.15, 0.2) is 220 Å². The molecule has 36 heteroatoms. The SMILES string of the molecule is C=CC(=O)Cl.COc1cc(F)c([N+](=O)[O-])cc1Cc1nccc(N2CC(C)(C)c3ccccc32)n1.[2H]C([2H])([2H])N(C)CCN(C)c1cc(OC)c(Cc2nccc(N3CC(C)(C)c4ccccc43)n2)cc1N.[2H]C([2H])([2H])N(C)CCN(C)c1cc(OC)c(Cc2nccc(N3CC(C)(C)c4ccccc43)n2)cc1NC(=O)C=C.[2H]C([2H])([2H])N(C)CCN(C)c1cc(OC)c(Cc2nccc(N3CC(C)(C)c4ccccc43)n2)cc1[N+](=O)[O-].[2H]C([2H])([2H])N(CCNC)C([2H])([2H])[2H]. The molecule has 150 heavy (non-hydrogen) atoms. The first kappa shape index (κ1) is 94.8. The summed E-state index contributed by atoms with van der Waals surface area (Å²) in [5.74, 6) is 6.15. The number of hydrogen-bond acceptors (Lipinski definition) is 31. The molecule has 8 aromatic carbocycles. The van der Waals surface area contributed by atoms with Crippen molar-refractivity contribution in [1.82, 2.24) is 64.8 Å². The highest BCUT2D eigenvalue weighted by molar-refractivity contribution is 6.66. The van der Waals surface area contributed by atoms with Gasteiger partial charge in [-0.3, -0.25) is 29.8 Å². The fourth-order valence-corrected chi connectivity index (χ4v) is 18.1. The molecule has 16 rings (SSSR count). The summed E-state index contributed by atoms with van der Waals surface area (Å²) in [5.41, 5.74) is 21.0. The van der Waals surface area contributed by atoms with Gasteiger partial charge in [0.2, 0.25) is 17.0 Å². The standard InChI is InChI=1S/C30H38N6O2.C27H34N6O3.C27H36N6O.C22H21FN4O3.C5H14N2.C3H3ClO/c1-8-29(37)32-23-17-21(26(38-7)19-25(23)35(6)16-15-34(4)5)18-27-31-14-13-28(33-27)36-20-30(2,3)22-11-9-10-12-24(22)36;1-27(2)18-32(21-10-8-7-9-20(21)27)26-11-12-28-25(29-26)16-19-15-23(33(34)35)22(17-24(19)36-6)31(5)14-13-30(3)4;1-27(2)18-33(22-10-8-7-9-20(22)27)26-11-12-29-25(30-26)16-19-15-21(28)23(17-24(19)34-6)32(5)14-13-31(3)4;1-22(2)13-26(17-7-5-4-6-15(17)22)21-8-9-24-20(25-21)11-14-10-18(27(28)29)16(23)12-19(14)30-3;1-6-4-5-7(2)3;1-2-3(4)5/h8-14,17,19H,1,15-16,18,20H2,2-7H3,(H,32,37);7-12,15,17H,13-14,16,18H2,1-6H3;7-12,15,17H,13-14,16,18,28H2,1-6H3;4-10,12H,11,13H2,1-3H3;6H,4-5H2,1-3H3;2H,1H2/i4D3;2*3D3;;2D3,3D3;. The number of nitrogens with two attached hydrogens (primary N) is 1. The summed E-state index contributed by atoms with van der Waals surface area (Å²) in [7, 11) is 17.8. The molecule has 8 heterocycles. The van der Waals surface area contributed by atoms with Crippen molar-refractivity contribution in [3.8, 4) is 23.0 Å². The van der Waals surface area contributed by atoms with E-state index in [1.165, 1.54) is 82.1 Å². The number of carbonyl (C=O) groups is 2. The summed E-state index contributed by atoms with van der Waals surface area (Å²) in [4.78, 5) is 99.6. The Labute approximate surface area is 908 Å². The van der Waals surface area contributed by atoms with Crippen LogP contribution in [0.2, 0.25) is 0 Å². The van der Waals surface area contributed by atoms with Gasteiger partial charge >= 0.3 is 5.69 Å². The number of nitrogens with zero attached hydrogens (tertiary/aromatic N) is 21. The second-order valence-electron chi connectivity index (χ2n) is 39.2. The van der Waals surface area contributed by atoms with Crippen LogP contribution in [0.4, 0.5) is 90.2 Å². The van der Waals surface area contributed by atoms with E-state index >= 15 is 0 Å². The van der Waals surface area contributed by atoms with Gasteiger partial charge in [-0.25, -0.2) is 39.9 Å². The fourth-order valence-electron chi connectivity index (χ4n) is 18.1. The topological polar surface area (TPSA) is 346 Å². The molecule has 0 bridgehead atoms. The summed E-state index contributed by atoms with van der Waals surface area (Å²) in [6.07, 6.45) is 10.4. The number of methoxy groups -OCH3 is 4. The first-order valence-electron chi connectivity index (χ1n) is 56.1. The number of nitrogen functional groups attached to an aromatic ring is 1. The maximum Gasteiger partial charge on any atom is 0.305 e. The van der Waals surface area contributed by atoms with Gasteiger partial charge in [-0.1, -0.05) is 141 Å². The second-order valence-corrected chi connectivity index (χ2v) is 39.5. The van der Waals surface area contributed by atoms with Crippen LogP contribution in [0.5, 0.6) is 23.0 Å². The molecular formula is C114H146ClFN24O10. The largest absolute Gasteiger partial charge is 0.496 e. The summed E-state index contributed by atoms with van der Waals surface area (Å²) in [6.45, 7) is 18.3. The van der Waals surface area contributed by atoms with E-state index in [4.69, 9.17) is 71.8 Å². The average molecular weight is 2080 g/mol. The number of para-hydroxylation sites is 4. The van der Waals surface area contributed by atoms with Crippen LogP contribution >= 0.6 is 11.6 Å². The van der Waals surface area contributed by atoms with E-state index in [9.17, 15) is 34.2 Å². The van der Waals surface area contributed by atoms with Crippen molar-refractivity contribution in [3.63, 3.8) is 0 Å². The first-order chi connectivity index (χ1) is 77.3. The Balaban J connectivity index is 0.000000197. The lowest BCUT2D eigenvalue weighted by Crippen LogP contribution is -2.29. The van der Waals surface area contributed by atoms with E-state index in [1.807, 2.05) is 103 Å². The van der Waals surface area contributed by atoms with Crippen LogP contribution in [0, 0.1) is 26.0 Å². The Bertz CT molecular complexity index is 7330. The van der Waals surface area contributed by atoms with Gasteiger partial charge in [-0.15, -0.1) is 0 Å². The van der Waals surface area contributed by atoms with Crippen molar-refractivity contribution >= 4 is 109 Å². The predicted octanol–water partition coefficient (Wildman–Crippen LogP) is 18.4. The van der Waals surface area contributed by atoms with Crippen molar-refractivity contribution in [1.29, 1.82) is 0 Å². The van der Waals surface area contributed by atoms with Gasteiger partial charge in [-0.2, -0.15) is 4.39 Å². The van der Waals surface area contributed by atoms with Crippen LogP contribution in [0.1, 0.15) is 144 Å². The zero-order valence-corrected chi connectivity index (χ0v) is 89.4. The Morgan fingerprint density at radius 3 is 1.06 bits per heavy atom. The number of nitro groups is 2. The molecule has 0 spiro atoms. The molecular weight excluding hydrogens is 1920 g/mol. The Kier molecular flexibility index (Phi) is 32.8. The number of fused-ring (bicyclic) bond motifs is 4. The highest BCUT2D eigenvalue weighted by Gasteiger charge is 2.41. The van der Waals surface area contributed by atoms with Crippen molar-refractivity contribution in [2.45, 2.75) is 103 Å². The Morgan fingerprint density at radius 2 is 0.740 bits per heavy atom. The monoisotopic (exact) mass is 2080 g/mol. The van der Waals surface area contributed by atoms with Crippen LogP contribution in [-0.2, 0) is 56.9 Å². The number of nitrogens with one attached hydrogen (secondary N) is 2. The number of rotatable bonds is 36. The molecule has 4 N–H and O–H groups in total. The molecule has 34 nitrogen and oxygen atoms in total. The van der Waals surface area contributed by atoms with Gasteiger partial charge in [-0.05, 0) is 170 Å². The van der Waals surface area contributed by atoms with E-state index in [0.717, 1.165) is 95.5 Å². The lowest BCUT2D eigenvalue weighted by molar-refractivity contribution is -0.387. The number of anilines is 13. The first-order valence-corrected chi connectivity index (χ1v) is 48.9. The van der Waals surface area contributed by atoms with Crippen molar-refractivity contribution in [2.24, 2.45) is 0 Å². The maximum atomic E-state index is 13.9. The van der Waals surface area contributed by atoms with E-state index < -0.39 is 61.5 Å². The molecule has 12 aromatic rings. The van der Waals surface area contributed by atoms with Crippen molar-refractivity contribution in [2.75, 3.05) is 237 Å². The lowest BCUT2D eigenvalue weighted by atomic mass is 9.87. The minimum Gasteiger partial charge on any atom is -0.496 e. The van der Waals surface area contributed by atoms with Crippen LogP contribution in [-0.4, -0.2) is 272 Å². The molecule has 0 saturated heterocycles. The average Bonchev–Trinajstić information content (AvgIpc) is 1.62. The number of halogens is 2. The van der Waals surface area contributed by atoms with E-state index in [2.05, 4.69) is 190 Å². The molecule has 0 radical (unpaired) electrons. The van der Waals surface area contributed by atoms with E-state index in [0.29, 0.717) is 125 Å². The smallest absolute Gasteiger partial charge is 0.305 e. The van der Waals surface area contributed by atoms with Crippen LogP contribution < -0.4 is 69.6 Å². The van der Waals surface area contributed by atoms with Gasteiger partial charge in [0, 0.05) is 274 Å². The number of ether oxygens (including phenoxy) is 4. The molecule has 4 aliphatic heterocycles. The molecule has 0 saturated carbocycles. The third-order valence-corrected chi connectivity index (χ3v) is 26.0. The van der Waals surface area contributed by atoms with E-state index in [-0.39, 0.29) is 71.5 Å². The van der Waals surface area contributed by atoms with Gasteiger partial charge in [0.05, 0.1) is 61.0 Å². The number of aromatic nitrogens is 8. The molecule has 4 aromatic heterocycles. The number of carbonyl (C=O) groups excluding carboxylic acids is 2. The van der Waals surface area contributed by atoms with Crippen LogP contribution in [0.25, 0.3) is 0 Å². The summed E-state index contributed by atoms with van der Waals surface area (Å²) < 4.78 is 146. The highest BCUT2D eigenvalue weighted by Crippen LogP contribution is 2.49. The molecule has 0 aliphatic carbocycles. The quantitative estimate of drug-likeness (QED) is 0.0108. The summed E-state index contributed by atoms with van der Waals surface area (Å²) >= 11 is 4.71. The van der Waals surface area contributed by atoms with Crippen LogP contribution in [0.3, 0.4) is 0 Å². The number of allylic oxidation sites excluding steroid dienone is 1. The predicted molar refractivity (Wildman–Crippen MR) is 603 cm³/mol. The maximum absolute atomic E-state index is 13.9. The van der Waals surface area contributed by atoms with Gasteiger partial charge in [0.1, 0.15) is 75.3 Å². The van der Waals surface area contributed by atoms with Crippen molar-refractivity contribution < 1.29 is 63.3 Å². The summed E-state index contributed by atoms with van der Waals surface area (Å²) in [6, 6.07) is 53.7. The highest BCUT2D eigenvalue weighted by atomic mass is 35.5. The van der Waals surface area contributed by atoms with Crippen molar-refractivity contribution in [3.05, 3.63) is 314 Å². The third-order valence-electron chi connectivity index (χ3n) is 25.9. The van der Waals surface area contributed by atoms with Gasteiger partial charge in [0.25, 0.3) is 5.69 Å². The summed E-state index contributed by atoms with van der Waals surface area (Å²) in [5, 5.41) is 28.2. The lowest BCUT2D eigenvalue weighted by Gasteiger charge is -2.26. The van der Waals surface area contributed by atoms with Gasteiger partial charge in [0.15, 0.2) is 0 Å². The Hall–Kier alpha value is -14.9. The molecule has 0 fully saturated rings. The number of nitro benzene ring substituents is 2. The molecule has 1 amide bonds. The number of benzene rings is 8. The second kappa shape index (κ2) is 51.8. The molecule has 4 aliphatic rings. The minimum atomic E-state index is -2.57. The molecule has 796 valence electrons. The zero-order chi connectivity index (χ0) is 122. The number of amides is 1. The minimum absolute atomic E-state index is 0.0106. The van der Waals surface area contributed by atoms with E-state index in [1.54, 1.807) is 78.2 Å². The fraction of sp³-hybridized carbons (Fsp3) is 0.386. The number of hydrogen-bond donors (Lipinski definition) is 3. The normalized spacial score (nSPS) is 15.6. The van der Waals surface area contributed by atoms with Gasteiger partial charge < -0.3 is 89.2 Å². The zero-order valence-electron chi connectivity index (χ0n) is 104. The molecule has 0 atom stereocenters. The Morgan fingerprint density at radius 1 is 0.440 bits per heavy atom. The third kappa shape index (κ3) is 29.6.